The molecule has 0 amide bonds. The largest absolute Gasteiger partial charge is 0.431 e. The summed E-state index contributed by atoms with van der Waals surface area (Å²) in [7, 11) is 0. The molecule has 1 nitrogen and oxygen atoms in total. The van der Waals surface area contributed by atoms with E-state index in [1.54, 1.807) is 60.7 Å². The first-order chi connectivity index (χ1) is 10.1. The van der Waals surface area contributed by atoms with Gasteiger partial charge in [0.2, 0.25) is 0 Å². The molecule has 0 radical (unpaired) electrons. The molecule has 0 N–H and O–H groups in total. The molecule has 0 bridgehead atoms. The maximum atomic E-state index is 13.4. The lowest BCUT2D eigenvalue weighted by Crippen LogP contribution is -2.15. The number of halogens is 3. The first kappa shape index (κ1) is 13.5. The second-order valence-corrected chi connectivity index (χ2v) is 4.68. The fourth-order valence-corrected chi connectivity index (χ4v) is 2.29. The van der Waals surface area contributed by atoms with Crippen LogP contribution in [-0.2, 0) is 0 Å². The summed E-state index contributed by atoms with van der Waals surface area (Å²) in [5.74, 6) is 0. The Balaban J connectivity index is 2.20. The highest BCUT2D eigenvalue weighted by Gasteiger charge is 2.35. The van der Waals surface area contributed by atoms with Gasteiger partial charge in [-0.15, -0.1) is 0 Å². The quantitative estimate of drug-likeness (QED) is 0.610. The van der Waals surface area contributed by atoms with Crippen molar-refractivity contribution < 1.29 is 13.2 Å². The predicted molar refractivity (Wildman–Crippen MR) is 78.6 cm³/mol. The molecule has 3 aromatic rings. The van der Waals surface area contributed by atoms with Crippen molar-refractivity contribution >= 4 is 22.7 Å². The number of hydrogen-bond donors (Lipinski definition) is 0. The lowest BCUT2D eigenvalue weighted by Gasteiger charge is -2.14. The molecule has 1 aromatic heterocycles. The van der Waals surface area contributed by atoms with Gasteiger partial charge in [0.15, 0.2) is 0 Å². The Morgan fingerprint density at radius 2 is 1.52 bits per heavy atom. The number of rotatable bonds is 2. The molecule has 0 atom stereocenters. The Labute approximate surface area is 119 Å². The molecule has 0 spiro atoms. The fourth-order valence-electron chi connectivity index (χ4n) is 2.29. The van der Waals surface area contributed by atoms with Gasteiger partial charge in [0.25, 0.3) is 0 Å². The number of para-hydroxylation sites is 1. The number of aromatic nitrogens is 1. The average molecular weight is 287 g/mol. The molecule has 4 heteroatoms. The summed E-state index contributed by atoms with van der Waals surface area (Å²) in [6.45, 7) is 0. The third-order valence-electron chi connectivity index (χ3n) is 3.25. The van der Waals surface area contributed by atoms with E-state index < -0.39 is 11.9 Å². The van der Waals surface area contributed by atoms with Crippen molar-refractivity contribution in [2.75, 3.05) is 0 Å². The summed E-state index contributed by atoms with van der Waals surface area (Å²) >= 11 is 0. The normalized spacial score (nSPS) is 12.8. The van der Waals surface area contributed by atoms with Crippen molar-refractivity contribution in [2.24, 2.45) is 0 Å². The van der Waals surface area contributed by atoms with E-state index in [1.165, 1.54) is 10.8 Å². The minimum atomic E-state index is -4.43. The molecule has 0 aliphatic rings. The Morgan fingerprint density at radius 1 is 0.857 bits per heavy atom. The van der Waals surface area contributed by atoms with Gasteiger partial charge in [0.1, 0.15) is 5.70 Å². The molecule has 3 rings (SSSR count). The van der Waals surface area contributed by atoms with Gasteiger partial charge in [-0.3, -0.25) is 0 Å². The van der Waals surface area contributed by atoms with E-state index >= 15 is 0 Å². The zero-order valence-electron chi connectivity index (χ0n) is 11.0. The molecule has 0 saturated heterocycles. The summed E-state index contributed by atoms with van der Waals surface area (Å²) in [4.78, 5) is 0. The van der Waals surface area contributed by atoms with Gasteiger partial charge in [0, 0.05) is 6.20 Å². The lowest BCUT2D eigenvalue weighted by molar-refractivity contribution is -0.0727. The fraction of sp³-hybridized carbons (Fsp3) is 0.0588. The van der Waals surface area contributed by atoms with Crippen LogP contribution in [0.1, 0.15) is 5.56 Å². The van der Waals surface area contributed by atoms with Crippen LogP contribution >= 0.6 is 0 Å². The van der Waals surface area contributed by atoms with Crippen LogP contribution in [0.4, 0.5) is 13.2 Å². The molecule has 1 heterocycles. The first-order valence-corrected chi connectivity index (χ1v) is 6.46. The Kier molecular flexibility index (Phi) is 3.29. The second-order valence-electron chi connectivity index (χ2n) is 4.68. The first-order valence-electron chi connectivity index (χ1n) is 6.46. The van der Waals surface area contributed by atoms with Crippen molar-refractivity contribution in [3.05, 3.63) is 72.4 Å². The molecule has 106 valence electrons. The second kappa shape index (κ2) is 5.13. The van der Waals surface area contributed by atoms with Gasteiger partial charge in [0.05, 0.1) is 5.52 Å². The van der Waals surface area contributed by atoms with Gasteiger partial charge in [-0.05, 0) is 29.2 Å². The highest BCUT2D eigenvalue weighted by atomic mass is 19.4. The van der Waals surface area contributed by atoms with Gasteiger partial charge in [-0.2, -0.15) is 13.2 Å². The van der Waals surface area contributed by atoms with E-state index in [-0.39, 0.29) is 0 Å². The Morgan fingerprint density at radius 3 is 2.24 bits per heavy atom. The zero-order valence-corrected chi connectivity index (χ0v) is 11.0. The summed E-state index contributed by atoms with van der Waals surface area (Å²) < 4.78 is 41.4. The summed E-state index contributed by atoms with van der Waals surface area (Å²) in [6.07, 6.45) is -1.82. The standard InChI is InChI=1S/C17H12F3N/c18-17(19,20)16(12-13-6-2-1-3-7-13)21-11-10-14-8-4-5-9-15(14)21/h1-12H/b16-12-. The molecule has 0 unspecified atom stereocenters. The third kappa shape index (κ3) is 2.70. The molecule has 21 heavy (non-hydrogen) atoms. The number of hydrogen-bond acceptors (Lipinski definition) is 0. The van der Waals surface area contributed by atoms with Crippen molar-refractivity contribution in [1.29, 1.82) is 0 Å². The smallest absolute Gasteiger partial charge is 0.312 e. The predicted octanol–water partition coefficient (Wildman–Crippen LogP) is 5.20. The summed E-state index contributed by atoms with van der Waals surface area (Å²) in [6, 6.07) is 17.2. The molecular weight excluding hydrogens is 275 g/mol. The van der Waals surface area contributed by atoms with E-state index in [0.29, 0.717) is 11.1 Å². The van der Waals surface area contributed by atoms with E-state index in [1.807, 2.05) is 0 Å². The molecule has 2 aromatic carbocycles. The highest BCUT2D eigenvalue weighted by molar-refractivity contribution is 5.87. The average Bonchev–Trinajstić information content (AvgIpc) is 2.88. The molecule has 0 fully saturated rings. The van der Waals surface area contributed by atoms with E-state index in [9.17, 15) is 13.2 Å². The highest BCUT2D eigenvalue weighted by Crippen LogP contribution is 2.34. The monoisotopic (exact) mass is 287 g/mol. The number of nitrogens with zero attached hydrogens (tertiary/aromatic N) is 1. The summed E-state index contributed by atoms with van der Waals surface area (Å²) in [5.41, 5.74) is 0.356. The number of fused-ring (bicyclic) bond motifs is 1. The van der Waals surface area contributed by atoms with Crippen LogP contribution < -0.4 is 0 Å². The van der Waals surface area contributed by atoms with Crippen LogP contribution in [0.15, 0.2) is 66.9 Å². The van der Waals surface area contributed by atoms with Gasteiger partial charge in [-0.25, -0.2) is 0 Å². The lowest BCUT2D eigenvalue weighted by atomic mass is 10.2. The van der Waals surface area contributed by atoms with E-state index in [4.69, 9.17) is 0 Å². The Bertz CT molecular complexity index is 782. The van der Waals surface area contributed by atoms with Crippen molar-refractivity contribution in [2.45, 2.75) is 6.18 Å². The van der Waals surface area contributed by atoms with Gasteiger partial charge in [-0.1, -0.05) is 48.5 Å². The minimum absolute atomic E-state index is 0.516. The van der Waals surface area contributed by atoms with E-state index in [2.05, 4.69) is 0 Å². The van der Waals surface area contributed by atoms with Crippen LogP contribution in [0.2, 0.25) is 0 Å². The Hall–Kier alpha value is -2.49. The maximum Gasteiger partial charge on any atom is 0.431 e. The third-order valence-corrected chi connectivity index (χ3v) is 3.25. The number of benzene rings is 2. The molecule has 0 aliphatic heterocycles. The van der Waals surface area contributed by atoms with Crippen LogP contribution in [-0.4, -0.2) is 10.7 Å². The zero-order chi connectivity index (χ0) is 14.9. The van der Waals surface area contributed by atoms with E-state index in [0.717, 1.165) is 11.5 Å². The minimum Gasteiger partial charge on any atom is -0.312 e. The van der Waals surface area contributed by atoms with Crippen LogP contribution in [0.5, 0.6) is 0 Å². The SMILES string of the molecule is FC(F)(F)/C(=C/c1ccccc1)n1ccc2ccccc21. The van der Waals surface area contributed by atoms with Crippen molar-refractivity contribution in [3.8, 4) is 0 Å². The molecule has 0 saturated carbocycles. The van der Waals surface area contributed by atoms with Crippen molar-refractivity contribution in [1.82, 2.24) is 4.57 Å². The molecular formula is C17H12F3N. The topological polar surface area (TPSA) is 4.93 Å². The van der Waals surface area contributed by atoms with Crippen LogP contribution in [0.3, 0.4) is 0 Å². The van der Waals surface area contributed by atoms with Crippen LogP contribution in [0.25, 0.3) is 22.7 Å². The van der Waals surface area contributed by atoms with Gasteiger partial charge >= 0.3 is 6.18 Å². The van der Waals surface area contributed by atoms with Gasteiger partial charge < -0.3 is 4.57 Å². The number of allylic oxidation sites excluding steroid dienone is 1. The summed E-state index contributed by atoms with van der Waals surface area (Å²) in [5, 5.41) is 0.778. The van der Waals surface area contributed by atoms with Crippen molar-refractivity contribution in [3.63, 3.8) is 0 Å². The number of alkyl halides is 3. The van der Waals surface area contributed by atoms with Crippen LogP contribution in [0, 0.1) is 0 Å². The maximum absolute atomic E-state index is 13.4. The molecule has 0 aliphatic carbocycles.